The summed E-state index contributed by atoms with van der Waals surface area (Å²) in [6.45, 7) is 0. The van der Waals surface area contributed by atoms with E-state index in [1.165, 1.54) is 18.0 Å². The van der Waals surface area contributed by atoms with Crippen LogP contribution in [0.2, 0.25) is 0 Å². The summed E-state index contributed by atoms with van der Waals surface area (Å²) in [5.41, 5.74) is 2.47. The number of allylic oxidation sites excluding steroid dienone is 3. The zero-order chi connectivity index (χ0) is 21.8. The van der Waals surface area contributed by atoms with E-state index in [9.17, 15) is 14.9 Å². The molecule has 1 aromatic carbocycles. The van der Waals surface area contributed by atoms with Gasteiger partial charge in [0, 0.05) is 23.4 Å². The van der Waals surface area contributed by atoms with E-state index in [1.807, 2.05) is 0 Å². The predicted molar refractivity (Wildman–Crippen MR) is 117 cm³/mol. The maximum Gasteiger partial charge on any atom is 0.234 e. The molecule has 0 spiro atoms. The van der Waals surface area contributed by atoms with Crippen LogP contribution in [0.25, 0.3) is 0 Å². The van der Waals surface area contributed by atoms with Gasteiger partial charge in [-0.1, -0.05) is 11.8 Å². The summed E-state index contributed by atoms with van der Waals surface area (Å²) in [7, 11) is 1.58. The summed E-state index contributed by atoms with van der Waals surface area (Å²) in [6.07, 6.45) is 3.48. The molecule has 2 heterocycles. The fourth-order valence-corrected chi connectivity index (χ4v) is 4.65. The van der Waals surface area contributed by atoms with Gasteiger partial charge in [0.1, 0.15) is 11.5 Å². The van der Waals surface area contributed by atoms with E-state index in [1.54, 1.807) is 43.5 Å². The summed E-state index contributed by atoms with van der Waals surface area (Å²) in [5.74, 6) is 0.663. The minimum atomic E-state index is -0.545. The van der Waals surface area contributed by atoms with E-state index in [0.29, 0.717) is 39.8 Å². The lowest BCUT2D eigenvalue weighted by atomic mass is 9.79. The third kappa shape index (κ3) is 4.37. The van der Waals surface area contributed by atoms with E-state index < -0.39 is 5.92 Å². The Balaban J connectivity index is 1.54. The van der Waals surface area contributed by atoms with Crippen molar-refractivity contribution in [2.24, 2.45) is 0 Å². The van der Waals surface area contributed by atoms with Crippen molar-refractivity contribution in [2.75, 3.05) is 18.2 Å². The molecule has 1 aliphatic heterocycles. The van der Waals surface area contributed by atoms with Crippen molar-refractivity contribution in [2.45, 2.75) is 25.2 Å². The van der Waals surface area contributed by atoms with Crippen LogP contribution in [0, 0.1) is 11.3 Å². The first-order chi connectivity index (χ1) is 15.1. The number of Topliss-reactive ketones (excluding diaryl/α,β-unsaturated/α-hetero) is 1. The Morgan fingerprint density at radius 2 is 2.13 bits per heavy atom. The number of dihydropyridines is 1. The second kappa shape index (κ2) is 9.14. The fraction of sp³-hybridized carbons (Fsp3) is 0.261. The number of benzene rings is 1. The number of nitriles is 1. The number of anilines is 1. The lowest BCUT2D eigenvalue weighted by molar-refractivity contribution is -0.116. The zero-order valence-electron chi connectivity index (χ0n) is 16.9. The third-order valence-corrected chi connectivity index (χ3v) is 6.23. The van der Waals surface area contributed by atoms with Gasteiger partial charge >= 0.3 is 0 Å². The highest BCUT2D eigenvalue weighted by atomic mass is 32.2. The normalized spacial score (nSPS) is 18.2. The van der Waals surface area contributed by atoms with Crippen LogP contribution in [-0.4, -0.2) is 24.6 Å². The molecule has 0 saturated heterocycles. The number of nitrogens with zero attached hydrogens (tertiary/aromatic N) is 1. The van der Waals surface area contributed by atoms with Gasteiger partial charge in [-0.25, -0.2) is 0 Å². The lowest BCUT2D eigenvalue weighted by Gasteiger charge is -2.32. The third-order valence-electron chi connectivity index (χ3n) is 5.21. The molecule has 158 valence electrons. The van der Waals surface area contributed by atoms with E-state index in [2.05, 4.69) is 16.7 Å². The van der Waals surface area contributed by atoms with Crippen LogP contribution in [0.4, 0.5) is 5.69 Å². The number of amides is 1. The van der Waals surface area contributed by atoms with Gasteiger partial charge < -0.3 is 19.8 Å². The van der Waals surface area contributed by atoms with Crippen LogP contribution in [0.3, 0.4) is 0 Å². The van der Waals surface area contributed by atoms with E-state index in [4.69, 9.17) is 9.15 Å². The van der Waals surface area contributed by atoms with Crippen LogP contribution in [0.5, 0.6) is 5.75 Å². The summed E-state index contributed by atoms with van der Waals surface area (Å²) in [5, 5.41) is 16.6. The first-order valence-corrected chi connectivity index (χ1v) is 10.9. The lowest BCUT2D eigenvalue weighted by Crippen LogP contribution is -2.31. The Hall–Kier alpha value is -3.44. The quantitative estimate of drug-likeness (QED) is 0.704. The van der Waals surface area contributed by atoms with E-state index in [0.717, 1.165) is 18.5 Å². The number of ether oxygens (including phenoxy) is 1. The summed E-state index contributed by atoms with van der Waals surface area (Å²) in [6, 6.07) is 12.8. The molecule has 2 N–H and O–H groups in total. The van der Waals surface area contributed by atoms with Gasteiger partial charge in [0.15, 0.2) is 5.78 Å². The molecule has 1 amide bonds. The van der Waals surface area contributed by atoms with Crippen molar-refractivity contribution in [1.29, 1.82) is 5.26 Å². The molecule has 0 radical (unpaired) electrons. The van der Waals surface area contributed by atoms with Gasteiger partial charge in [-0.2, -0.15) is 5.26 Å². The SMILES string of the molecule is COc1ccc(NC(=O)CSC2=C(C#N)[C@@H](c3ccco3)C3=C(CCCC3=O)N2)cc1. The molecule has 1 aliphatic carbocycles. The molecule has 0 bridgehead atoms. The van der Waals surface area contributed by atoms with Crippen molar-refractivity contribution < 1.29 is 18.7 Å². The molecule has 7 nitrogen and oxygen atoms in total. The maximum absolute atomic E-state index is 12.7. The van der Waals surface area contributed by atoms with Crippen molar-refractivity contribution >= 4 is 29.1 Å². The molecule has 2 aliphatic rings. The first-order valence-electron chi connectivity index (χ1n) is 9.88. The molecule has 0 unspecified atom stereocenters. The Bertz CT molecular complexity index is 1090. The topological polar surface area (TPSA) is 104 Å². The summed E-state index contributed by atoms with van der Waals surface area (Å²) in [4.78, 5) is 25.1. The van der Waals surface area contributed by atoms with Crippen LogP contribution < -0.4 is 15.4 Å². The van der Waals surface area contributed by atoms with Gasteiger partial charge in [0.05, 0.1) is 41.7 Å². The van der Waals surface area contributed by atoms with E-state index >= 15 is 0 Å². The van der Waals surface area contributed by atoms with Crippen molar-refractivity contribution in [1.82, 2.24) is 5.32 Å². The highest BCUT2D eigenvalue weighted by molar-refractivity contribution is 8.03. The largest absolute Gasteiger partial charge is 0.497 e. The summed E-state index contributed by atoms with van der Waals surface area (Å²) >= 11 is 1.25. The maximum atomic E-state index is 12.7. The molecule has 0 fully saturated rings. The molecule has 2 aromatic rings. The Kier molecular flexibility index (Phi) is 6.14. The van der Waals surface area contributed by atoms with Gasteiger partial charge in [0.2, 0.25) is 5.91 Å². The number of carbonyl (C=O) groups is 2. The number of furan rings is 1. The number of thioether (sulfide) groups is 1. The molecular weight excluding hydrogens is 414 g/mol. The Labute approximate surface area is 184 Å². The molecule has 8 heteroatoms. The van der Waals surface area contributed by atoms with Crippen LogP contribution in [-0.2, 0) is 9.59 Å². The fourth-order valence-electron chi connectivity index (χ4n) is 3.79. The second-order valence-electron chi connectivity index (χ2n) is 7.16. The van der Waals surface area contributed by atoms with E-state index in [-0.39, 0.29) is 17.4 Å². The minimum absolute atomic E-state index is 0.0317. The zero-order valence-corrected chi connectivity index (χ0v) is 17.8. The van der Waals surface area contributed by atoms with Crippen molar-refractivity contribution in [3.63, 3.8) is 0 Å². The highest BCUT2D eigenvalue weighted by Crippen LogP contribution is 2.44. The average Bonchev–Trinajstić information content (AvgIpc) is 3.32. The Morgan fingerprint density at radius 1 is 1.32 bits per heavy atom. The molecule has 4 rings (SSSR count). The number of hydrogen-bond donors (Lipinski definition) is 2. The van der Waals surface area contributed by atoms with Gasteiger partial charge in [0.25, 0.3) is 0 Å². The van der Waals surface area contributed by atoms with Crippen molar-refractivity contribution in [3.8, 4) is 11.8 Å². The van der Waals surface area contributed by atoms with Crippen LogP contribution >= 0.6 is 11.8 Å². The standard InChI is InChI=1S/C23H21N3O4S/c1-29-15-9-7-14(8-10-15)25-20(28)13-31-23-16(12-24)21(19-6-3-11-30-19)22-17(26-23)4-2-5-18(22)27/h3,6-11,21,26H,2,4-5,13H2,1H3,(H,25,28)/t21-/m0/s1. The number of ketones is 1. The van der Waals surface area contributed by atoms with Crippen LogP contribution in [0.15, 0.2) is 69.0 Å². The predicted octanol–water partition coefficient (Wildman–Crippen LogP) is 4.09. The number of rotatable bonds is 6. The monoisotopic (exact) mass is 435 g/mol. The highest BCUT2D eigenvalue weighted by Gasteiger charge is 2.38. The van der Waals surface area contributed by atoms with Gasteiger partial charge in [-0.3, -0.25) is 9.59 Å². The molecule has 0 saturated carbocycles. The smallest absolute Gasteiger partial charge is 0.234 e. The molecule has 31 heavy (non-hydrogen) atoms. The number of hydrogen-bond acceptors (Lipinski definition) is 7. The number of methoxy groups -OCH3 is 1. The van der Waals surface area contributed by atoms with Gasteiger partial charge in [-0.15, -0.1) is 0 Å². The Morgan fingerprint density at radius 3 is 2.81 bits per heavy atom. The van der Waals surface area contributed by atoms with Gasteiger partial charge in [-0.05, 0) is 49.2 Å². The van der Waals surface area contributed by atoms with Crippen molar-refractivity contribution in [3.05, 3.63) is 70.3 Å². The molecule has 1 atom stereocenters. The minimum Gasteiger partial charge on any atom is -0.497 e. The first kappa shape index (κ1) is 20.8. The van der Waals surface area contributed by atoms with Crippen LogP contribution in [0.1, 0.15) is 30.9 Å². The summed E-state index contributed by atoms with van der Waals surface area (Å²) < 4.78 is 10.7. The number of nitrogens with one attached hydrogen (secondary N) is 2. The molecular formula is C23H21N3O4S. The molecule has 1 aromatic heterocycles. The average molecular weight is 436 g/mol. The number of carbonyl (C=O) groups excluding carboxylic acids is 2. The second-order valence-corrected chi connectivity index (χ2v) is 8.15.